The molecule has 3 amide bonds. The van der Waals surface area contributed by atoms with E-state index in [-0.39, 0.29) is 38.1 Å². The standard InChI is InChI=1S/C39H48N6O7/c1-6-8-18-31(47)40-25(5)34(26-14-10-9-11-15-26)51-38(50)32-30-19-20-39(52-30)33(32)36(48)45(29(22-46)24(3)4)35(39)37(49)43(21-7-2)23-44-28-17-13-12-16-27(28)41-42-44/h6-7,9-17,24-25,29-30,32-35,46H,1-2,8,18-23H2,3-5H3,(H,40,47)/t25-,29-,30+,32-,33-,34-,35+,39-/m0/s1. The first kappa shape index (κ1) is 36.9. The number of ether oxygens (including phenoxy) is 2. The van der Waals surface area contributed by atoms with Crippen LogP contribution in [0.4, 0.5) is 0 Å². The molecule has 8 atom stereocenters. The Balaban J connectivity index is 1.34. The number of aromatic nitrogens is 3. The number of allylic oxidation sites excluding steroid dienone is 1. The molecule has 3 aliphatic heterocycles. The molecule has 6 rings (SSSR count). The summed E-state index contributed by atoms with van der Waals surface area (Å²) in [5.74, 6) is -3.92. The summed E-state index contributed by atoms with van der Waals surface area (Å²) in [7, 11) is 0. The molecule has 3 saturated heterocycles. The SMILES string of the molecule is C=CCCC(=O)N[C@@H](C)[C@H](OC(=O)[C@@H]1[C@H]2C(=O)N([C@@H](CO)C(C)C)[C@H](C(=O)N(CC=C)Cn3nnc4ccccc43)[C@]23CC[C@H]1O3)c1ccccc1. The third kappa shape index (κ3) is 6.63. The van der Waals surface area contributed by atoms with Crippen molar-refractivity contribution in [2.24, 2.45) is 17.8 Å². The summed E-state index contributed by atoms with van der Waals surface area (Å²) >= 11 is 0. The van der Waals surface area contributed by atoms with Crippen molar-refractivity contribution < 1.29 is 33.8 Å². The number of para-hydroxylation sites is 1. The Morgan fingerprint density at radius 2 is 1.85 bits per heavy atom. The second kappa shape index (κ2) is 15.4. The predicted molar refractivity (Wildman–Crippen MR) is 192 cm³/mol. The molecule has 276 valence electrons. The van der Waals surface area contributed by atoms with Gasteiger partial charge in [0.05, 0.1) is 42.1 Å². The van der Waals surface area contributed by atoms with Crippen LogP contribution in [0, 0.1) is 17.8 Å². The summed E-state index contributed by atoms with van der Waals surface area (Å²) in [6.45, 7) is 12.9. The number of amides is 3. The van der Waals surface area contributed by atoms with Gasteiger partial charge in [0, 0.05) is 13.0 Å². The van der Waals surface area contributed by atoms with E-state index in [2.05, 4.69) is 28.8 Å². The Bertz CT molecular complexity index is 1810. The number of aliphatic hydroxyl groups excluding tert-OH is 1. The van der Waals surface area contributed by atoms with Crippen LogP contribution in [0.3, 0.4) is 0 Å². The quantitative estimate of drug-likeness (QED) is 0.168. The lowest BCUT2D eigenvalue weighted by Crippen LogP contribution is -2.59. The van der Waals surface area contributed by atoms with E-state index in [1.807, 2.05) is 68.4 Å². The largest absolute Gasteiger partial charge is 0.455 e. The number of hydrogen-bond donors (Lipinski definition) is 2. The fraction of sp³-hybridized carbons (Fsp3) is 0.487. The van der Waals surface area contributed by atoms with E-state index in [0.717, 1.165) is 5.52 Å². The average Bonchev–Trinajstić information content (AvgIpc) is 3.89. The van der Waals surface area contributed by atoms with Gasteiger partial charge in [-0.05, 0) is 49.8 Å². The average molecular weight is 713 g/mol. The van der Waals surface area contributed by atoms with Crippen molar-refractivity contribution in [2.75, 3.05) is 13.2 Å². The van der Waals surface area contributed by atoms with Crippen molar-refractivity contribution in [3.63, 3.8) is 0 Å². The van der Waals surface area contributed by atoms with Crippen molar-refractivity contribution in [3.05, 3.63) is 85.5 Å². The first-order valence-electron chi connectivity index (χ1n) is 18.0. The molecule has 0 aliphatic carbocycles. The van der Waals surface area contributed by atoms with E-state index < -0.39 is 65.6 Å². The summed E-state index contributed by atoms with van der Waals surface area (Å²) in [4.78, 5) is 59.8. The molecule has 1 aromatic heterocycles. The van der Waals surface area contributed by atoms with Gasteiger partial charge in [-0.2, -0.15) is 0 Å². The van der Waals surface area contributed by atoms with Crippen molar-refractivity contribution in [1.29, 1.82) is 0 Å². The van der Waals surface area contributed by atoms with Crippen molar-refractivity contribution in [3.8, 4) is 0 Å². The third-order valence-electron chi connectivity index (χ3n) is 10.7. The highest BCUT2D eigenvalue weighted by Crippen LogP contribution is 2.59. The van der Waals surface area contributed by atoms with Gasteiger partial charge in [-0.25, -0.2) is 4.68 Å². The Morgan fingerprint density at radius 1 is 1.12 bits per heavy atom. The first-order valence-corrected chi connectivity index (χ1v) is 18.0. The lowest BCUT2D eigenvalue weighted by Gasteiger charge is -2.40. The molecule has 0 saturated carbocycles. The maximum atomic E-state index is 14.9. The molecule has 1 spiro atoms. The van der Waals surface area contributed by atoms with E-state index >= 15 is 0 Å². The molecular formula is C39H48N6O7. The van der Waals surface area contributed by atoms with Crippen LogP contribution < -0.4 is 5.32 Å². The number of carbonyl (C=O) groups excluding carboxylic acids is 4. The van der Waals surface area contributed by atoms with Gasteiger partial charge >= 0.3 is 5.97 Å². The molecule has 3 aliphatic rings. The Hall–Kier alpha value is -4.88. The number of esters is 1. The highest BCUT2D eigenvalue weighted by atomic mass is 16.6. The van der Waals surface area contributed by atoms with Crippen molar-refractivity contribution in [2.45, 2.75) is 89.1 Å². The van der Waals surface area contributed by atoms with E-state index in [4.69, 9.17) is 9.47 Å². The zero-order valence-electron chi connectivity index (χ0n) is 30.0. The number of aliphatic hydroxyl groups is 1. The monoisotopic (exact) mass is 712 g/mol. The van der Waals surface area contributed by atoms with E-state index in [1.54, 1.807) is 28.7 Å². The molecule has 2 bridgehead atoms. The van der Waals surface area contributed by atoms with E-state index in [0.29, 0.717) is 30.3 Å². The molecule has 52 heavy (non-hydrogen) atoms. The molecule has 3 aromatic rings. The molecule has 0 unspecified atom stereocenters. The van der Waals surface area contributed by atoms with E-state index in [1.165, 1.54) is 4.90 Å². The maximum absolute atomic E-state index is 14.9. The Kier molecular flexibility index (Phi) is 10.9. The van der Waals surface area contributed by atoms with Crippen LogP contribution in [0.5, 0.6) is 0 Å². The number of carbonyl (C=O) groups is 4. The van der Waals surface area contributed by atoms with Gasteiger partial charge in [0.15, 0.2) is 0 Å². The molecule has 13 heteroatoms. The summed E-state index contributed by atoms with van der Waals surface area (Å²) in [6.07, 6.45) is 3.30. The van der Waals surface area contributed by atoms with Gasteiger partial charge in [0.2, 0.25) is 17.7 Å². The third-order valence-corrected chi connectivity index (χ3v) is 10.7. The van der Waals surface area contributed by atoms with Crippen LogP contribution in [0.25, 0.3) is 11.0 Å². The Labute approximate surface area is 303 Å². The molecule has 4 heterocycles. The molecule has 3 fully saturated rings. The number of benzene rings is 2. The number of nitrogens with zero attached hydrogens (tertiary/aromatic N) is 5. The number of fused-ring (bicyclic) bond motifs is 2. The summed E-state index contributed by atoms with van der Waals surface area (Å²) in [5, 5.41) is 22.1. The summed E-state index contributed by atoms with van der Waals surface area (Å²) < 4.78 is 14.6. The minimum absolute atomic E-state index is 0.0280. The van der Waals surface area contributed by atoms with Crippen LogP contribution in [-0.2, 0) is 35.3 Å². The van der Waals surface area contributed by atoms with Gasteiger partial charge in [0.25, 0.3) is 0 Å². The van der Waals surface area contributed by atoms with Crippen molar-refractivity contribution in [1.82, 2.24) is 30.1 Å². The second-order valence-electron chi connectivity index (χ2n) is 14.3. The lowest BCUT2D eigenvalue weighted by atomic mass is 9.70. The second-order valence-corrected chi connectivity index (χ2v) is 14.3. The van der Waals surface area contributed by atoms with Gasteiger partial charge in [-0.1, -0.05) is 73.7 Å². The van der Waals surface area contributed by atoms with Crippen LogP contribution in [0.15, 0.2) is 79.9 Å². The number of rotatable bonds is 16. The predicted octanol–water partition coefficient (Wildman–Crippen LogP) is 3.55. The number of likely N-dealkylation sites (tertiary alicyclic amines) is 1. The highest BCUT2D eigenvalue weighted by Gasteiger charge is 2.76. The molecule has 0 radical (unpaired) electrons. The summed E-state index contributed by atoms with van der Waals surface area (Å²) in [6, 6.07) is 14.1. The van der Waals surface area contributed by atoms with Crippen LogP contribution in [0.1, 0.15) is 58.1 Å². The lowest BCUT2D eigenvalue weighted by molar-refractivity contribution is -0.163. The zero-order valence-corrected chi connectivity index (χ0v) is 30.0. The fourth-order valence-electron chi connectivity index (χ4n) is 8.29. The van der Waals surface area contributed by atoms with E-state index in [9.17, 15) is 24.3 Å². The van der Waals surface area contributed by atoms with Crippen LogP contribution in [0.2, 0.25) is 0 Å². The molecule has 2 aromatic carbocycles. The topological polar surface area (TPSA) is 156 Å². The molecule has 13 nitrogen and oxygen atoms in total. The molecular weight excluding hydrogens is 664 g/mol. The minimum Gasteiger partial charge on any atom is -0.455 e. The highest BCUT2D eigenvalue weighted by molar-refractivity contribution is 5.98. The summed E-state index contributed by atoms with van der Waals surface area (Å²) in [5.41, 5.74) is 0.750. The normalized spacial score (nSPS) is 25.1. The van der Waals surface area contributed by atoms with Crippen molar-refractivity contribution >= 4 is 34.7 Å². The fourth-order valence-corrected chi connectivity index (χ4v) is 8.29. The van der Waals surface area contributed by atoms with Crippen LogP contribution >= 0.6 is 0 Å². The van der Waals surface area contributed by atoms with Gasteiger partial charge in [-0.15, -0.1) is 18.3 Å². The van der Waals surface area contributed by atoms with Gasteiger partial charge in [0.1, 0.15) is 29.9 Å². The molecule has 2 N–H and O–H groups in total. The number of nitrogens with one attached hydrogen (secondary N) is 1. The smallest absolute Gasteiger partial charge is 0.313 e. The zero-order chi connectivity index (χ0) is 37.2. The van der Waals surface area contributed by atoms with Gasteiger partial charge < -0.3 is 29.7 Å². The maximum Gasteiger partial charge on any atom is 0.313 e. The first-order chi connectivity index (χ1) is 25.1. The van der Waals surface area contributed by atoms with Gasteiger partial charge in [-0.3, -0.25) is 19.2 Å². The minimum atomic E-state index is -1.33. The Morgan fingerprint density at radius 3 is 2.54 bits per heavy atom. The van der Waals surface area contributed by atoms with Crippen LogP contribution in [-0.4, -0.2) is 96.6 Å². The number of hydrogen-bond acceptors (Lipinski definition) is 9.